The highest BCUT2D eigenvalue weighted by atomic mass is 32.2. The first kappa shape index (κ1) is 28.2. The van der Waals surface area contributed by atoms with Crippen LogP contribution in [0.1, 0.15) is 24.2 Å². The molecule has 3 aromatic rings. The Morgan fingerprint density at radius 3 is 2.43 bits per heavy atom. The van der Waals surface area contributed by atoms with Crippen LogP contribution in [0.2, 0.25) is 0 Å². The number of carbonyl (C=O) groups excluding carboxylic acids is 1. The van der Waals surface area contributed by atoms with Gasteiger partial charge in [0.2, 0.25) is 9.84 Å². The summed E-state index contributed by atoms with van der Waals surface area (Å²) in [5.74, 6) is -1.38. The fourth-order valence-corrected chi connectivity index (χ4v) is 4.94. The minimum atomic E-state index is -4.02. The van der Waals surface area contributed by atoms with Crippen LogP contribution in [0.4, 0.5) is 10.1 Å². The van der Waals surface area contributed by atoms with Gasteiger partial charge in [-0.1, -0.05) is 12.1 Å². The molecule has 37 heavy (non-hydrogen) atoms. The number of amides is 1. The molecule has 11 heteroatoms. The number of hydrogen-bond acceptors (Lipinski definition) is 8. The Bertz CT molecular complexity index is 1320. The molecule has 0 saturated carbocycles. The second kappa shape index (κ2) is 12.2. The molecule has 0 aliphatic carbocycles. The van der Waals surface area contributed by atoms with Crippen molar-refractivity contribution in [1.82, 2.24) is 4.98 Å². The first-order valence-electron chi connectivity index (χ1n) is 11.4. The molecule has 0 aliphatic heterocycles. The van der Waals surface area contributed by atoms with Gasteiger partial charge in [-0.05, 0) is 56.3 Å². The molecule has 3 atom stereocenters. The van der Waals surface area contributed by atoms with Crippen molar-refractivity contribution >= 4 is 21.4 Å². The predicted molar refractivity (Wildman–Crippen MR) is 134 cm³/mol. The first-order chi connectivity index (χ1) is 17.6. The van der Waals surface area contributed by atoms with Gasteiger partial charge in [0.05, 0.1) is 23.3 Å². The van der Waals surface area contributed by atoms with E-state index in [1.165, 1.54) is 75.9 Å². The highest BCUT2D eigenvalue weighted by Gasteiger charge is 2.33. The van der Waals surface area contributed by atoms with Gasteiger partial charge in [0.15, 0.2) is 17.1 Å². The Hall–Kier alpha value is -3.38. The Labute approximate surface area is 215 Å². The zero-order valence-corrected chi connectivity index (χ0v) is 21.7. The van der Waals surface area contributed by atoms with Gasteiger partial charge in [0.1, 0.15) is 11.9 Å². The number of aliphatic hydroxyl groups is 1. The molecule has 0 fully saturated rings. The number of sulfone groups is 1. The standard InChI is InChI=1S/C26H29FN2O7S/c1-17(16-34-3)36-20-11-12-23(22(27)15-20)29(26(35-4)18(2)30)25(31)19-8-7-9-21(14-19)37(32,33)24-10-5-6-13-28-24/h5-15,17-18,26,30H,16H2,1-4H3. The van der Waals surface area contributed by atoms with E-state index >= 15 is 4.39 Å². The molecule has 2 aromatic carbocycles. The zero-order chi connectivity index (χ0) is 27.2. The van der Waals surface area contributed by atoms with Crippen molar-refractivity contribution in [2.24, 2.45) is 0 Å². The summed E-state index contributed by atoms with van der Waals surface area (Å²) in [6.07, 6.45) is -1.49. The van der Waals surface area contributed by atoms with Crippen LogP contribution in [0.5, 0.6) is 5.75 Å². The van der Waals surface area contributed by atoms with Crippen molar-refractivity contribution in [3.63, 3.8) is 0 Å². The fourth-order valence-electron chi connectivity index (χ4n) is 3.70. The third-order valence-corrected chi connectivity index (χ3v) is 7.02. The van der Waals surface area contributed by atoms with Gasteiger partial charge >= 0.3 is 0 Å². The molecular weight excluding hydrogens is 503 g/mol. The van der Waals surface area contributed by atoms with Crippen LogP contribution in [0, 0.1) is 5.82 Å². The zero-order valence-electron chi connectivity index (χ0n) is 20.9. The molecular formula is C26H29FN2O7S. The molecule has 1 aromatic heterocycles. The second-order valence-electron chi connectivity index (χ2n) is 8.24. The topological polar surface area (TPSA) is 115 Å². The van der Waals surface area contributed by atoms with Gasteiger partial charge in [-0.15, -0.1) is 0 Å². The van der Waals surface area contributed by atoms with Crippen molar-refractivity contribution in [3.8, 4) is 5.75 Å². The molecule has 0 bridgehead atoms. The molecule has 3 unspecified atom stereocenters. The number of nitrogens with zero attached hydrogens (tertiary/aromatic N) is 2. The van der Waals surface area contributed by atoms with Gasteiger partial charge < -0.3 is 19.3 Å². The van der Waals surface area contributed by atoms with E-state index in [-0.39, 0.29) is 33.0 Å². The summed E-state index contributed by atoms with van der Waals surface area (Å²) in [4.78, 5) is 18.3. The maximum absolute atomic E-state index is 15.3. The predicted octanol–water partition coefficient (Wildman–Crippen LogP) is 3.47. The average molecular weight is 533 g/mol. The van der Waals surface area contributed by atoms with Crippen LogP contribution >= 0.6 is 0 Å². The van der Waals surface area contributed by atoms with E-state index in [2.05, 4.69) is 4.98 Å². The van der Waals surface area contributed by atoms with E-state index in [9.17, 15) is 18.3 Å². The van der Waals surface area contributed by atoms with Crippen molar-refractivity contribution in [2.75, 3.05) is 25.7 Å². The molecule has 1 N–H and O–H groups in total. The first-order valence-corrected chi connectivity index (χ1v) is 12.8. The monoisotopic (exact) mass is 532 g/mol. The number of aliphatic hydroxyl groups excluding tert-OH is 1. The highest BCUT2D eigenvalue weighted by Crippen LogP contribution is 2.30. The minimum Gasteiger partial charge on any atom is -0.488 e. The third kappa shape index (κ3) is 6.50. The van der Waals surface area contributed by atoms with Crippen LogP contribution in [-0.4, -0.2) is 63.7 Å². The quantitative estimate of drug-likeness (QED) is 0.374. The lowest BCUT2D eigenvalue weighted by Gasteiger charge is -2.33. The lowest BCUT2D eigenvalue weighted by atomic mass is 10.1. The molecule has 1 heterocycles. The van der Waals surface area contributed by atoms with Crippen molar-refractivity contribution in [3.05, 3.63) is 78.2 Å². The number of benzene rings is 2. The fraction of sp³-hybridized carbons (Fsp3) is 0.308. The van der Waals surface area contributed by atoms with Crippen molar-refractivity contribution < 1.29 is 36.9 Å². The van der Waals surface area contributed by atoms with Gasteiger partial charge in [-0.2, -0.15) is 0 Å². The van der Waals surface area contributed by atoms with E-state index in [0.717, 1.165) is 11.0 Å². The molecule has 0 radical (unpaired) electrons. The van der Waals surface area contributed by atoms with Gasteiger partial charge in [-0.25, -0.2) is 17.8 Å². The third-order valence-electron chi connectivity index (χ3n) is 5.35. The number of rotatable bonds is 11. The number of hydrogen-bond donors (Lipinski definition) is 1. The van der Waals surface area contributed by atoms with E-state index in [0.29, 0.717) is 6.61 Å². The number of pyridine rings is 1. The van der Waals surface area contributed by atoms with Crippen LogP contribution in [0.15, 0.2) is 76.8 Å². The molecule has 0 saturated heterocycles. The number of anilines is 1. The summed E-state index contributed by atoms with van der Waals surface area (Å²) < 4.78 is 57.4. The second-order valence-corrected chi connectivity index (χ2v) is 10.1. The summed E-state index contributed by atoms with van der Waals surface area (Å²) in [5, 5.41) is 10.1. The largest absolute Gasteiger partial charge is 0.488 e. The Morgan fingerprint density at radius 1 is 1.08 bits per heavy atom. The number of ether oxygens (including phenoxy) is 3. The Morgan fingerprint density at radius 2 is 1.84 bits per heavy atom. The summed E-state index contributed by atoms with van der Waals surface area (Å²) in [6.45, 7) is 3.43. The summed E-state index contributed by atoms with van der Waals surface area (Å²) in [7, 11) is -1.24. The Balaban J connectivity index is 2.04. The number of carbonyl (C=O) groups is 1. The number of aromatic nitrogens is 1. The van der Waals surface area contributed by atoms with Crippen molar-refractivity contribution in [2.45, 2.75) is 42.2 Å². The van der Waals surface area contributed by atoms with Crippen LogP contribution in [0.25, 0.3) is 0 Å². The van der Waals surface area contributed by atoms with E-state index in [1.807, 2.05) is 0 Å². The number of halogens is 1. The van der Waals surface area contributed by atoms with Gasteiger partial charge in [0, 0.05) is 32.0 Å². The minimum absolute atomic E-state index is 0.0619. The molecule has 0 spiro atoms. The molecule has 9 nitrogen and oxygen atoms in total. The van der Waals surface area contributed by atoms with Crippen LogP contribution in [-0.2, 0) is 19.3 Å². The lowest BCUT2D eigenvalue weighted by Crippen LogP contribution is -2.48. The molecule has 1 amide bonds. The lowest BCUT2D eigenvalue weighted by molar-refractivity contribution is -0.00271. The van der Waals surface area contributed by atoms with E-state index in [4.69, 9.17) is 14.2 Å². The summed E-state index contributed by atoms with van der Waals surface area (Å²) in [5.41, 5.74) is -0.254. The van der Waals surface area contributed by atoms with Crippen molar-refractivity contribution in [1.29, 1.82) is 0 Å². The maximum atomic E-state index is 15.3. The van der Waals surface area contributed by atoms with E-state index < -0.39 is 33.9 Å². The van der Waals surface area contributed by atoms with Gasteiger partial charge in [0.25, 0.3) is 5.91 Å². The summed E-state index contributed by atoms with van der Waals surface area (Å²) >= 11 is 0. The molecule has 0 aliphatic rings. The SMILES string of the molecule is COCC(C)Oc1ccc(N(C(=O)c2cccc(S(=O)(=O)c3ccccn3)c2)C(OC)C(C)O)c(F)c1. The Kier molecular flexibility index (Phi) is 9.33. The average Bonchev–Trinajstić information content (AvgIpc) is 2.88. The molecule has 198 valence electrons. The normalized spacial score (nSPS) is 14.0. The van der Waals surface area contributed by atoms with Crippen LogP contribution in [0.3, 0.4) is 0 Å². The smallest absolute Gasteiger partial charge is 0.260 e. The van der Waals surface area contributed by atoms with E-state index in [1.54, 1.807) is 13.0 Å². The maximum Gasteiger partial charge on any atom is 0.260 e. The summed E-state index contributed by atoms with van der Waals surface area (Å²) in [6, 6.07) is 13.7. The molecule has 3 rings (SSSR count). The number of methoxy groups -OCH3 is 2. The van der Waals surface area contributed by atoms with Gasteiger partial charge in [-0.3, -0.25) is 9.69 Å². The highest BCUT2D eigenvalue weighted by molar-refractivity contribution is 7.91. The van der Waals surface area contributed by atoms with Crippen LogP contribution < -0.4 is 9.64 Å².